The van der Waals surface area contributed by atoms with Crippen molar-refractivity contribution < 1.29 is 6.22 Å². The smallest absolute Gasteiger partial charge is 0.264 e. The van der Waals surface area contributed by atoms with Gasteiger partial charge in [-0.25, -0.2) is 0 Å². The zero-order valence-electron chi connectivity index (χ0n) is 3.83. The molecule has 1 aliphatic heterocycles. The standard InChI is InChI=1S/C2HN3O/c6-2-1-3-5-4-2/h1H/p+1. The molecule has 0 aromatic heterocycles. The van der Waals surface area contributed by atoms with E-state index in [2.05, 4.69) is 15.4 Å². The molecule has 0 aromatic carbocycles. The molecule has 0 fully saturated rings. The van der Waals surface area contributed by atoms with Crippen molar-refractivity contribution in [2.24, 2.45) is 15.4 Å². The molecule has 0 aliphatic carbocycles. The lowest BCUT2D eigenvalue weighted by Gasteiger charge is -1.55. The second kappa shape index (κ2) is 0.965. The first-order valence-electron chi connectivity index (χ1n) is 1.37. The average molecular weight is 84.1 g/mol. The van der Waals surface area contributed by atoms with E-state index >= 15 is 0 Å². The zero-order chi connectivity index (χ0) is 4.41. The Morgan fingerprint density at radius 3 is 2.83 bits per heavy atom. The lowest BCUT2D eigenvalue weighted by Crippen LogP contribution is -1.84. The number of rotatable bonds is 0. The Balaban J connectivity index is 0.000000360. The van der Waals surface area contributed by atoms with Crippen molar-refractivity contribution >= 4 is 12.1 Å². The summed E-state index contributed by atoms with van der Waals surface area (Å²) in [5.74, 6) is -0.380. The molecule has 6 heavy (non-hydrogen) atoms. The van der Waals surface area contributed by atoms with Crippen molar-refractivity contribution in [2.75, 3.05) is 0 Å². The second-order valence-electron chi connectivity index (χ2n) is 0.772. The van der Waals surface area contributed by atoms with Crippen LogP contribution >= 0.6 is 0 Å². The van der Waals surface area contributed by atoms with Crippen LogP contribution in [0.3, 0.4) is 0 Å². The van der Waals surface area contributed by atoms with E-state index in [4.69, 9.17) is 0 Å². The van der Waals surface area contributed by atoms with Crippen molar-refractivity contribution in [3.8, 4) is 0 Å². The summed E-state index contributed by atoms with van der Waals surface area (Å²) < 4.78 is 0. The van der Waals surface area contributed by atoms with Crippen LogP contribution in [0, 0.1) is 0 Å². The lowest BCUT2D eigenvalue weighted by atomic mass is 10.7. The van der Waals surface area contributed by atoms with Gasteiger partial charge in [0, 0.05) is 0 Å². The van der Waals surface area contributed by atoms with Crippen LogP contribution in [0.15, 0.2) is 15.4 Å². The van der Waals surface area contributed by atoms with Gasteiger partial charge < -0.3 is 0 Å². The highest BCUT2D eigenvalue weighted by molar-refractivity contribution is 6.27. The summed E-state index contributed by atoms with van der Waals surface area (Å²) in [7, 11) is 0. The van der Waals surface area contributed by atoms with Gasteiger partial charge in [0.15, 0.2) is 0 Å². The maximum Gasteiger partial charge on any atom is 1.00 e. The van der Waals surface area contributed by atoms with E-state index in [0.717, 1.165) is 6.21 Å². The minimum Gasteiger partial charge on any atom is -0.264 e. The summed E-state index contributed by atoms with van der Waals surface area (Å²) in [6.07, 6.45) is 1.06. The first kappa shape index (κ1) is 3.14. The van der Waals surface area contributed by atoms with E-state index in [9.17, 15) is 4.79 Å². The predicted molar refractivity (Wildman–Crippen MR) is 19.5 cm³/mol. The number of nitrogens with zero attached hydrogens (tertiary/aromatic N) is 3. The van der Waals surface area contributed by atoms with Crippen LogP contribution < -0.4 is 0 Å². The fraction of sp³-hybridized carbons (Fsp3) is 0. The van der Waals surface area contributed by atoms with Gasteiger partial charge >= 0.3 is 7.33 Å². The summed E-state index contributed by atoms with van der Waals surface area (Å²) in [6, 6.07) is 0. The third-order valence-electron chi connectivity index (χ3n) is 0.363. The van der Waals surface area contributed by atoms with E-state index in [0.29, 0.717) is 0 Å². The highest BCUT2D eigenvalue weighted by Gasteiger charge is 1.94. The molecule has 0 bridgehead atoms. The second-order valence-corrected chi connectivity index (χ2v) is 0.772. The van der Waals surface area contributed by atoms with Gasteiger partial charge in [0.05, 0.1) is 0 Å². The van der Waals surface area contributed by atoms with Crippen LogP contribution in [-0.2, 0) is 4.79 Å². The zero-order valence-corrected chi connectivity index (χ0v) is 2.83. The molecule has 4 nitrogen and oxygen atoms in total. The molecule has 1 rings (SSSR count). The number of carbonyl (C=O) groups is 1. The maximum atomic E-state index is 9.83. The van der Waals surface area contributed by atoms with Crippen LogP contribution in [0.25, 0.3) is 0 Å². The van der Waals surface area contributed by atoms with E-state index in [1.807, 2.05) is 0 Å². The fourth-order valence-corrected chi connectivity index (χ4v) is 0.171. The van der Waals surface area contributed by atoms with Gasteiger partial charge in [0.2, 0.25) is 0 Å². The van der Waals surface area contributed by atoms with Crippen molar-refractivity contribution in [3.63, 3.8) is 0 Å². The highest BCUT2D eigenvalue weighted by Crippen LogP contribution is 1.83. The Bertz CT molecular complexity index is 115. The minimum atomic E-state index is -0.380. The Morgan fingerprint density at radius 1 is 1.83 bits per heavy atom. The molecule has 0 N–H and O–H groups in total. The predicted octanol–water partition coefficient (Wildman–Crippen LogP) is 0.0771. The monoisotopic (exact) mass is 84.0 g/mol. The van der Waals surface area contributed by atoms with Crippen LogP contribution in [0.1, 0.15) is 1.43 Å². The molecule has 0 aromatic rings. The molecule has 30 valence electrons. The summed E-state index contributed by atoms with van der Waals surface area (Å²) in [5, 5.41) is 9.16. The average Bonchev–Trinajstić information content (AvgIpc) is 1.86. The largest absolute Gasteiger partial charge is 1.00 e. The molecule has 1 aliphatic rings. The van der Waals surface area contributed by atoms with Crippen molar-refractivity contribution in [1.82, 2.24) is 0 Å². The van der Waals surface area contributed by atoms with E-state index in [-0.39, 0.29) is 7.33 Å². The minimum absolute atomic E-state index is 0. The van der Waals surface area contributed by atoms with Crippen molar-refractivity contribution in [2.45, 2.75) is 0 Å². The summed E-state index contributed by atoms with van der Waals surface area (Å²) >= 11 is 0. The SMILES string of the molecule is O=C1C=NN=N1.[H+]. The molecule has 0 spiro atoms. The topological polar surface area (TPSA) is 54.1 Å². The summed E-state index contributed by atoms with van der Waals surface area (Å²) in [5.41, 5.74) is 0. The quantitative estimate of drug-likeness (QED) is 0.410. The molecule has 0 saturated heterocycles. The Morgan fingerprint density at radius 2 is 2.67 bits per heavy atom. The molecule has 1 heterocycles. The maximum absolute atomic E-state index is 9.83. The fourth-order valence-electron chi connectivity index (χ4n) is 0.171. The van der Waals surface area contributed by atoms with Crippen LogP contribution in [0.2, 0.25) is 0 Å². The third-order valence-corrected chi connectivity index (χ3v) is 0.363. The van der Waals surface area contributed by atoms with Crippen molar-refractivity contribution in [3.05, 3.63) is 0 Å². The van der Waals surface area contributed by atoms with Crippen LogP contribution in [0.4, 0.5) is 0 Å². The molecular weight excluding hydrogens is 82.0 g/mol. The summed E-state index contributed by atoms with van der Waals surface area (Å²) in [6.45, 7) is 0. The van der Waals surface area contributed by atoms with E-state index in [1.165, 1.54) is 0 Å². The number of amides is 1. The van der Waals surface area contributed by atoms with E-state index < -0.39 is 0 Å². The number of carbonyl (C=O) groups excluding carboxylic acids is 1. The van der Waals surface area contributed by atoms with Crippen LogP contribution in [0.5, 0.6) is 0 Å². The van der Waals surface area contributed by atoms with Gasteiger partial charge in [-0.1, -0.05) is 5.11 Å². The number of hydrogen-bond donors (Lipinski definition) is 0. The molecule has 0 saturated carbocycles. The first-order valence-corrected chi connectivity index (χ1v) is 1.37. The van der Waals surface area contributed by atoms with Gasteiger partial charge in [0.25, 0.3) is 0 Å². The molecule has 4 heteroatoms. The Hall–Kier alpha value is -1.06. The normalized spacial score (nSPS) is 17.0. The Labute approximate surface area is 35.1 Å². The van der Waals surface area contributed by atoms with Crippen LogP contribution in [-0.4, -0.2) is 12.1 Å². The van der Waals surface area contributed by atoms with E-state index in [1.54, 1.807) is 0 Å². The van der Waals surface area contributed by atoms with Gasteiger partial charge in [-0.05, 0) is 5.22 Å². The Kier molecular flexibility index (Phi) is 0.506. The molecular formula is C2H2N3O+. The first-order chi connectivity index (χ1) is 2.89. The van der Waals surface area contributed by atoms with Gasteiger partial charge in [-0.15, -0.1) is 5.10 Å². The summed E-state index contributed by atoms with van der Waals surface area (Å²) in [4.78, 5) is 9.83. The molecule has 0 atom stereocenters. The van der Waals surface area contributed by atoms with Gasteiger partial charge in [0.1, 0.15) is 6.21 Å². The molecule has 0 radical (unpaired) electrons. The molecule has 0 unspecified atom stereocenters. The van der Waals surface area contributed by atoms with Gasteiger partial charge in [-0.3, -0.25) is 4.79 Å². The van der Waals surface area contributed by atoms with Gasteiger partial charge in [-0.2, -0.15) is 0 Å². The highest BCUT2D eigenvalue weighted by atomic mass is 16.2. The molecule has 1 amide bonds. The number of hydrogen-bond acceptors (Lipinski definition) is 3. The van der Waals surface area contributed by atoms with Crippen molar-refractivity contribution in [1.29, 1.82) is 0 Å². The lowest BCUT2D eigenvalue weighted by molar-refractivity contribution is -0.111. The third kappa shape index (κ3) is 0.314.